The summed E-state index contributed by atoms with van der Waals surface area (Å²) in [5, 5.41) is 8.02. The molecule has 4 nitrogen and oxygen atoms in total. The maximum atomic E-state index is 12.8. The molecule has 0 spiro atoms. The van der Waals surface area contributed by atoms with Crippen LogP contribution in [0, 0.1) is 0 Å². The van der Waals surface area contributed by atoms with E-state index in [0.29, 0.717) is 16.5 Å². The number of amides is 1. The highest BCUT2D eigenvalue weighted by Gasteiger charge is 2.24. The molecular weight excluding hydrogens is 403 g/mol. The Morgan fingerprint density at radius 3 is 2.78 bits per heavy atom. The van der Waals surface area contributed by atoms with E-state index in [-0.39, 0.29) is 24.4 Å². The van der Waals surface area contributed by atoms with Crippen molar-refractivity contribution in [3.05, 3.63) is 64.9 Å². The second kappa shape index (κ2) is 9.02. The molecule has 27 heavy (non-hydrogen) atoms. The fourth-order valence-corrected chi connectivity index (χ4v) is 4.43. The minimum atomic E-state index is -0.148. The van der Waals surface area contributed by atoms with Gasteiger partial charge in [0.1, 0.15) is 5.58 Å². The lowest BCUT2D eigenvalue weighted by atomic mass is 10.1. The maximum absolute atomic E-state index is 12.8. The van der Waals surface area contributed by atoms with Gasteiger partial charge in [-0.1, -0.05) is 41.9 Å². The Labute approximate surface area is 173 Å². The molecular formula is C20H20Cl2N2O2S. The van der Waals surface area contributed by atoms with Crippen LogP contribution >= 0.6 is 35.8 Å². The summed E-state index contributed by atoms with van der Waals surface area (Å²) in [6, 6.07) is 15.7. The zero-order chi connectivity index (χ0) is 17.9. The lowest BCUT2D eigenvalue weighted by Gasteiger charge is -2.11. The lowest BCUT2D eigenvalue weighted by Crippen LogP contribution is -2.36. The molecule has 2 N–H and O–H groups in total. The van der Waals surface area contributed by atoms with Crippen LogP contribution in [0.2, 0.25) is 5.02 Å². The number of carbonyl (C=O) groups is 1. The van der Waals surface area contributed by atoms with E-state index in [0.717, 1.165) is 40.9 Å². The van der Waals surface area contributed by atoms with Crippen molar-refractivity contribution in [3.63, 3.8) is 0 Å². The first-order chi connectivity index (χ1) is 12.7. The van der Waals surface area contributed by atoms with Gasteiger partial charge >= 0.3 is 0 Å². The van der Waals surface area contributed by atoms with Crippen LogP contribution in [0.25, 0.3) is 11.0 Å². The minimum absolute atomic E-state index is 0. The third-order valence-electron chi connectivity index (χ3n) is 4.51. The number of thioether (sulfide) groups is 1. The minimum Gasteiger partial charge on any atom is -0.451 e. The Balaban J connectivity index is 0.00000210. The molecule has 142 valence electrons. The number of nitrogens with one attached hydrogen (secondary N) is 2. The molecule has 1 aliphatic rings. The second-order valence-corrected chi connectivity index (χ2v) is 7.71. The van der Waals surface area contributed by atoms with Crippen molar-refractivity contribution in [2.45, 2.75) is 23.1 Å². The van der Waals surface area contributed by atoms with Gasteiger partial charge in [0.25, 0.3) is 5.91 Å². The van der Waals surface area contributed by atoms with Gasteiger partial charge in [0.05, 0.1) is 5.02 Å². The van der Waals surface area contributed by atoms with Crippen molar-refractivity contribution in [1.29, 1.82) is 0 Å². The molecule has 1 aromatic heterocycles. The van der Waals surface area contributed by atoms with Crippen LogP contribution in [-0.4, -0.2) is 25.0 Å². The van der Waals surface area contributed by atoms with Gasteiger partial charge in [0.2, 0.25) is 0 Å². The summed E-state index contributed by atoms with van der Waals surface area (Å²) < 4.78 is 5.91. The van der Waals surface area contributed by atoms with E-state index in [9.17, 15) is 4.79 Å². The van der Waals surface area contributed by atoms with Crippen molar-refractivity contribution in [3.8, 4) is 0 Å². The second-order valence-electron chi connectivity index (χ2n) is 6.29. The van der Waals surface area contributed by atoms with Gasteiger partial charge in [0, 0.05) is 34.2 Å². The average molecular weight is 423 g/mol. The van der Waals surface area contributed by atoms with Crippen molar-refractivity contribution < 1.29 is 9.21 Å². The topological polar surface area (TPSA) is 54.3 Å². The number of hydrogen-bond acceptors (Lipinski definition) is 4. The Morgan fingerprint density at radius 1 is 1.22 bits per heavy atom. The van der Waals surface area contributed by atoms with E-state index in [1.807, 2.05) is 48.5 Å². The first kappa shape index (κ1) is 20.1. The number of furan rings is 1. The number of para-hydroxylation sites is 1. The fourth-order valence-electron chi connectivity index (χ4n) is 3.17. The van der Waals surface area contributed by atoms with Crippen LogP contribution in [0.4, 0.5) is 0 Å². The average Bonchev–Trinajstić information content (AvgIpc) is 3.28. The van der Waals surface area contributed by atoms with Gasteiger partial charge in [-0.05, 0) is 31.2 Å². The maximum Gasteiger partial charge on any atom is 0.287 e. The van der Waals surface area contributed by atoms with E-state index in [1.165, 1.54) is 0 Å². The van der Waals surface area contributed by atoms with Gasteiger partial charge in [-0.15, -0.1) is 24.2 Å². The highest BCUT2D eigenvalue weighted by atomic mass is 35.5. The molecule has 2 heterocycles. The van der Waals surface area contributed by atoms with Crippen molar-refractivity contribution >= 4 is 52.6 Å². The monoisotopic (exact) mass is 422 g/mol. The number of benzene rings is 2. The van der Waals surface area contributed by atoms with E-state index in [1.54, 1.807) is 11.8 Å². The Kier molecular flexibility index (Phi) is 6.71. The lowest BCUT2D eigenvalue weighted by molar-refractivity contribution is 0.0913. The molecule has 2 aromatic carbocycles. The number of hydrogen-bond donors (Lipinski definition) is 2. The van der Waals surface area contributed by atoms with Gasteiger partial charge in [-0.2, -0.15) is 0 Å². The predicted octanol–water partition coefficient (Wildman–Crippen LogP) is 4.89. The molecule has 7 heteroatoms. The van der Waals surface area contributed by atoms with Crippen LogP contribution in [-0.2, 0) is 5.75 Å². The molecule has 1 amide bonds. The molecule has 0 aliphatic carbocycles. The quantitative estimate of drug-likeness (QED) is 0.574. The summed E-state index contributed by atoms with van der Waals surface area (Å²) in [5.74, 6) is 0.870. The Morgan fingerprint density at radius 2 is 2.00 bits per heavy atom. The van der Waals surface area contributed by atoms with Crippen LogP contribution in [0.1, 0.15) is 22.5 Å². The largest absolute Gasteiger partial charge is 0.451 e. The number of fused-ring (bicyclic) bond motifs is 1. The SMILES string of the molecule is Cl.O=C(NC1CCNC1)c1oc2ccccc2c1CSc1ccccc1Cl. The van der Waals surface area contributed by atoms with E-state index in [4.69, 9.17) is 16.0 Å². The van der Waals surface area contributed by atoms with Crippen molar-refractivity contribution in [2.24, 2.45) is 0 Å². The molecule has 4 rings (SSSR count). The summed E-state index contributed by atoms with van der Waals surface area (Å²) in [7, 11) is 0. The number of carbonyl (C=O) groups excluding carboxylic acids is 1. The zero-order valence-electron chi connectivity index (χ0n) is 14.5. The fraction of sp³-hybridized carbons (Fsp3) is 0.250. The summed E-state index contributed by atoms with van der Waals surface area (Å²) in [5.41, 5.74) is 1.64. The smallest absolute Gasteiger partial charge is 0.287 e. The van der Waals surface area contributed by atoms with Gasteiger partial charge < -0.3 is 15.1 Å². The number of rotatable bonds is 5. The van der Waals surface area contributed by atoms with Crippen molar-refractivity contribution in [2.75, 3.05) is 13.1 Å². The third-order valence-corrected chi connectivity index (χ3v) is 6.05. The highest BCUT2D eigenvalue weighted by molar-refractivity contribution is 7.98. The molecule has 1 saturated heterocycles. The first-order valence-electron chi connectivity index (χ1n) is 8.61. The molecule has 0 bridgehead atoms. The number of halogens is 2. The molecule has 0 radical (unpaired) electrons. The van der Waals surface area contributed by atoms with Crippen LogP contribution in [0.5, 0.6) is 0 Å². The first-order valence-corrected chi connectivity index (χ1v) is 9.98. The Bertz CT molecular complexity index is 939. The predicted molar refractivity (Wildman–Crippen MR) is 113 cm³/mol. The van der Waals surface area contributed by atoms with Crippen molar-refractivity contribution in [1.82, 2.24) is 10.6 Å². The van der Waals surface area contributed by atoms with Crippen LogP contribution < -0.4 is 10.6 Å². The highest BCUT2D eigenvalue weighted by Crippen LogP contribution is 2.34. The molecule has 1 fully saturated rings. The molecule has 1 unspecified atom stereocenters. The van der Waals surface area contributed by atoms with Gasteiger partial charge in [-0.3, -0.25) is 4.79 Å². The third kappa shape index (κ3) is 4.43. The molecule has 0 saturated carbocycles. The van der Waals surface area contributed by atoms with Gasteiger partial charge in [0.15, 0.2) is 5.76 Å². The molecule has 1 aliphatic heterocycles. The standard InChI is InChI=1S/C20H19ClN2O2S.ClH/c21-16-6-2-4-8-18(16)26-12-15-14-5-1-3-7-17(14)25-19(15)20(24)23-13-9-10-22-11-13;/h1-8,13,22H,9-12H2,(H,23,24);1H. The van der Waals surface area contributed by atoms with Crippen LogP contribution in [0.15, 0.2) is 57.8 Å². The summed E-state index contributed by atoms with van der Waals surface area (Å²) in [6.07, 6.45) is 0.940. The summed E-state index contributed by atoms with van der Waals surface area (Å²) in [4.78, 5) is 13.8. The molecule has 1 atom stereocenters. The van der Waals surface area contributed by atoms with E-state index < -0.39 is 0 Å². The normalized spacial score (nSPS) is 16.3. The Hall–Kier alpha value is -1.66. The van der Waals surface area contributed by atoms with E-state index in [2.05, 4.69) is 10.6 Å². The summed E-state index contributed by atoms with van der Waals surface area (Å²) in [6.45, 7) is 1.73. The van der Waals surface area contributed by atoms with Gasteiger partial charge in [-0.25, -0.2) is 0 Å². The molecule has 3 aromatic rings. The van der Waals surface area contributed by atoms with E-state index >= 15 is 0 Å². The van der Waals surface area contributed by atoms with Crippen LogP contribution in [0.3, 0.4) is 0 Å². The zero-order valence-corrected chi connectivity index (χ0v) is 16.9. The summed E-state index contributed by atoms with van der Waals surface area (Å²) >= 11 is 7.88.